The van der Waals surface area contributed by atoms with E-state index in [2.05, 4.69) is 0 Å². The van der Waals surface area contributed by atoms with Gasteiger partial charge < -0.3 is 15.7 Å². The van der Waals surface area contributed by atoms with Gasteiger partial charge in [-0.2, -0.15) is 0 Å². The number of carbonyl (C=O) groups is 1. The van der Waals surface area contributed by atoms with E-state index in [0.29, 0.717) is 0 Å². The van der Waals surface area contributed by atoms with Crippen LogP contribution in [0, 0.1) is 0 Å². The van der Waals surface area contributed by atoms with Crippen molar-refractivity contribution in [1.29, 1.82) is 0 Å². The summed E-state index contributed by atoms with van der Waals surface area (Å²) in [5.74, 6) is -1.31. The van der Waals surface area contributed by atoms with E-state index in [1.165, 1.54) is 12.1 Å². The van der Waals surface area contributed by atoms with E-state index in [1.54, 1.807) is 12.1 Å². The third-order valence-corrected chi connectivity index (χ3v) is 1.13. The Balaban J connectivity index is 0. The number of aromatic hydroxyl groups is 1. The van der Waals surface area contributed by atoms with Gasteiger partial charge in [-0.15, -0.1) is 0 Å². The predicted octanol–water partition coefficient (Wildman–Crippen LogP) is -0.115. The number of para-hydroxylation sites is 1. The number of benzene rings is 1. The van der Waals surface area contributed by atoms with Crippen molar-refractivity contribution in [2.75, 3.05) is 0 Å². The molecule has 0 aromatic heterocycles. The molecule has 0 aliphatic carbocycles. The van der Waals surface area contributed by atoms with Crippen LogP contribution < -0.4 is 0 Å². The maximum absolute atomic E-state index is 10.3. The van der Waals surface area contributed by atoms with Gasteiger partial charge in [0.15, 0.2) is 0 Å². The maximum atomic E-state index is 10.3. The van der Waals surface area contributed by atoms with Crippen LogP contribution in [-0.2, 0) is 0 Å². The molecular weight excluding hydrogens is 188 g/mol. The van der Waals surface area contributed by atoms with Crippen LogP contribution in [0.25, 0.3) is 0 Å². The van der Waals surface area contributed by atoms with E-state index >= 15 is 0 Å². The average molecular weight is 196 g/mol. The van der Waals surface area contributed by atoms with Crippen molar-refractivity contribution in [3.63, 3.8) is 0 Å². The molecule has 0 spiro atoms. The van der Waals surface area contributed by atoms with E-state index in [9.17, 15) is 4.79 Å². The van der Waals surface area contributed by atoms with Crippen molar-refractivity contribution in [3.8, 4) is 5.75 Å². The van der Waals surface area contributed by atoms with Crippen LogP contribution >= 0.6 is 0 Å². The summed E-state index contributed by atoms with van der Waals surface area (Å²) >= 11 is 0. The first-order valence-corrected chi connectivity index (χ1v) is 2.73. The molecule has 0 heterocycles. The summed E-state index contributed by atoms with van der Waals surface area (Å²) < 4.78 is 0. The molecule has 0 unspecified atom stereocenters. The van der Waals surface area contributed by atoms with Gasteiger partial charge in [0.2, 0.25) is 0 Å². The number of hydrogen-bond donors (Lipinski definition) is 2. The van der Waals surface area contributed by atoms with Crippen LogP contribution in [0.2, 0.25) is 0 Å². The topological polar surface area (TPSA) is 89.0 Å². The van der Waals surface area contributed by atoms with Gasteiger partial charge in [-0.1, -0.05) is 12.1 Å². The fourth-order valence-electron chi connectivity index (χ4n) is 0.654. The molecule has 0 atom stereocenters. The molecule has 0 saturated heterocycles. The summed E-state index contributed by atoms with van der Waals surface area (Å²) in [5, 5.41) is 17.3. The molecular formula is C7H8CaO4. The molecule has 62 valence electrons. The first kappa shape index (κ1) is 14.2. The number of carboxylic acids is 1. The van der Waals surface area contributed by atoms with Crippen LogP contribution in [0.4, 0.5) is 0 Å². The third-order valence-electron chi connectivity index (χ3n) is 1.13. The zero-order valence-electron chi connectivity index (χ0n) is 6.32. The molecule has 2 radical (unpaired) electrons. The first-order valence-electron chi connectivity index (χ1n) is 2.73. The van der Waals surface area contributed by atoms with Crippen LogP contribution in [0.15, 0.2) is 24.3 Å². The average Bonchev–Trinajstić information content (AvgIpc) is 1.88. The van der Waals surface area contributed by atoms with Gasteiger partial charge in [0.05, 0.1) is 0 Å². The summed E-state index contributed by atoms with van der Waals surface area (Å²) in [5.41, 5.74) is -0.0671. The van der Waals surface area contributed by atoms with Crippen LogP contribution in [-0.4, -0.2) is 59.4 Å². The van der Waals surface area contributed by atoms with Crippen LogP contribution in [0.5, 0.6) is 5.75 Å². The number of aromatic carboxylic acids is 1. The molecule has 0 amide bonds. The number of phenols is 1. The second-order valence-electron chi connectivity index (χ2n) is 1.82. The molecule has 0 fully saturated rings. The van der Waals surface area contributed by atoms with Gasteiger partial charge in [-0.25, -0.2) is 4.79 Å². The van der Waals surface area contributed by atoms with Gasteiger partial charge in [0.1, 0.15) is 11.3 Å². The standard InChI is InChI=1S/C7H6O3.Ca.H2O/c8-6-4-2-1-3-5(6)7(9)10;;/h1-4,8H,(H,9,10);;1H2. The Hall–Kier alpha value is -0.290. The number of hydrogen-bond acceptors (Lipinski definition) is 2. The van der Waals surface area contributed by atoms with Crippen LogP contribution in [0.1, 0.15) is 10.4 Å². The second-order valence-corrected chi connectivity index (χ2v) is 1.82. The van der Waals surface area contributed by atoms with Gasteiger partial charge in [0, 0.05) is 37.7 Å². The van der Waals surface area contributed by atoms with Crippen molar-refractivity contribution in [1.82, 2.24) is 0 Å². The summed E-state index contributed by atoms with van der Waals surface area (Å²) in [6.45, 7) is 0. The normalized spacial score (nSPS) is 7.67. The van der Waals surface area contributed by atoms with Crippen molar-refractivity contribution >= 4 is 43.7 Å². The molecule has 4 nitrogen and oxygen atoms in total. The molecule has 1 aromatic rings. The maximum Gasteiger partial charge on any atom is 0.339 e. The van der Waals surface area contributed by atoms with Gasteiger partial charge in [-0.05, 0) is 12.1 Å². The molecule has 1 rings (SSSR count). The monoisotopic (exact) mass is 196 g/mol. The molecule has 0 aliphatic heterocycles. The molecule has 1 aromatic carbocycles. The fourth-order valence-corrected chi connectivity index (χ4v) is 0.654. The Morgan fingerprint density at radius 3 is 2.08 bits per heavy atom. The Bertz CT molecular complexity index is 261. The summed E-state index contributed by atoms with van der Waals surface area (Å²) in [4.78, 5) is 10.3. The zero-order chi connectivity index (χ0) is 7.56. The van der Waals surface area contributed by atoms with E-state index in [4.69, 9.17) is 10.2 Å². The molecule has 0 bridgehead atoms. The quantitative estimate of drug-likeness (QED) is 0.614. The largest absolute Gasteiger partial charge is 0.507 e. The van der Waals surface area contributed by atoms with Gasteiger partial charge in [0.25, 0.3) is 0 Å². The Morgan fingerprint density at radius 2 is 1.75 bits per heavy atom. The molecule has 0 aliphatic rings. The fraction of sp³-hybridized carbons (Fsp3) is 0. The summed E-state index contributed by atoms with van der Waals surface area (Å²) in [6, 6.07) is 5.81. The van der Waals surface area contributed by atoms with Crippen LogP contribution in [0.3, 0.4) is 0 Å². The van der Waals surface area contributed by atoms with Crippen molar-refractivity contribution in [3.05, 3.63) is 29.8 Å². The number of rotatable bonds is 1. The van der Waals surface area contributed by atoms with E-state index < -0.39 is 5.97 Å². The summed E-state index contributed by atoms with van der Waals surface area (Å²) in [6.07, 6.45) is 0. The smallest absolute Gasteiger partial charge is 0.339 e. The molecule has 4 N–H and O–H groups in total. The van der Waals surface area contributed by atoms with Crippen molar-refractivity contribution < 1.29 is 20.5 Å². The van der Waals surface area contributed by atoms with Gasteiger partial charge in [-0.3, -0.25) is 0 Å². The zero-order valence-corrected chi connectivity index (χ0v) is 8.53. The second kappa shape index (κ2) is 6.25. The van der Waals surface area contributed by atoms with E-state index in [0.717, 1.165) is 0 Å². The van der Waals surface area contributed by atoms with E-state index in [-0.39, 0.29) is 54.5 Å². The molecule has 0 saturated carbocycles. The Kier molecular flexibility index (Phi) is 7.42. The Labute approximate surface area is 99.1 Å². The minimum atomic E-state index is -1.11. The Morgan fingerprint density at radius 1 is 1.25 bits per heavy atom. The molecule has 12 heavy (non-hydrogen) atoms. The predicted molar refractivity (Wildman–Crippen MR) is 44.4 cm³/mol. The van der Waals surface area contributed by atoms with E-state index in [1.807, 2.05) is 0 Å². The SMILES string of the molecule is O.O=C(O)c1ccccc1O.[Ca]. The van der Waals surface area contributed by atoms with Gasteiger partial charge >= 0.3 is 5.97 Å². The minimum absolute atomic E-state index is 0. The third kappa shape index (κ3) is 3.40. The summed E-state index contributed by atoms with van der Waals surface area (Å²) in [7, 11) is 0. The minimum Gasteiger partial charge on any atom is -0.507 e. The number of carboxylic acid groups (broad SMARTS) is 1. The molecule has 5 heteroatoms. The van der Waals surface area contributed by atoms with Crippen molar-refractivity contribution in [2.45, 2.75) is 0 Å². The van der Waals surface area contributed by atoms with Crippen molar-refractivity contribution in [2.24, 2.45) is 0 Å². The first-order chi connectivity index (χ1) is 4.72.